The highest BCUT2D eigenvalue weighted by Crippen LogP contribution is 2.20. The van der Waals surface area contributed by atoms with Crippen LogP contribution in [-0.4, -0.2) is 43.4 Å². The molecule has 0 aliphatic carbocycles. The number of non-ortho nitro benzene ring substituents is 1. The number of aryl methyl sites for hydroxylation is 1. The van der Waals surface area contributed by atoms with Gasteiger partial charge in [-0.2, -0.15) is 0 Å². The first-order chi connectivity index (χ1) is 17.2. The smallest absolute Gasteiger partial charge is 0.416 e. The maximum absolute atomic E-state index is 12.4. The molecule has 2 amide bonds. The Morgan fingerprint density at radius 3 is 2.17 bits per heavy atom. The number of nitrogens with zero attached hydrogens (tertiary/aromatic N) is 2. The zero-order valence-corrected chi connectivity index (χ0v) is 20.1. The van der Waals surface area contributed by atoms with Crippen LogP contribution in [0.15, 0.2) is 89.8 Å². The van der Waals surface area contributed by atoms with E-state index in [1.165, 1.54) is 29.8 Å². The number of hydrogen-bond acceptors (Lipinski definition) is 7. The second-order valence-corrected chi connectivity index (χ2v) is 9.25. The number of amides is 2. The van der Waals surface area contributed by atoms with E-state index in [4.69, 9.17) is 0 Å². The lowest BCUT2D eigenvalue weighted by Gasteiger charge is -2.08. The van der Waals surface area contributed by atoms with E-state index in [2.05, 4.69) is 28.5 Å². The molecule has 0 bridgehead atoms. The van der Waals surface area contributed by atoms with Crippen molar-refractivity contribution in [3.63, 3.8) is 0 Å². The Labute approximate surface area is 208 Å². The predicted octanol–water partition coefficient (Wildman–Crippen LogP) is 4.38. The van der Waals surface area contributed by atoms with Gasteiger partial charge in [-0.1, -0.05) is 48.0 Å². The van der Waals surface area contributed by atoms with Crippen molar-refractivity contribution in [3.05, 3.63) is 106 Å². The minimum Gasteiger partial charge on any atom is -0.447 e. The standard InChI is InChI=1S/C18H15N3O7S.C7H8/c22-17(20-11-12-28-18(20)23)10-3-13-1-4-14(5-2-13)19-29(26,27)16-8-6-15(7-9-16)21(24)25;1-7-5-3-2-4-6-7/h1-10,19H,11-12H2;2-6H,1H3/b10-3+;. The van der Waals surface area contributed by atoms with Crippen molar-refractivity contribution in [1.29, 1.82) is 0 Å². The molecule has 3 aromatic carbocycles. The van der Waals surface area contributed by atoms with Gasteiger partial charge in [0.15, 0.2) is 0 Å². The highest BCUT2D eigenvalue weighted by Gasteiger charge is 2.26. The van der Waals surface area contributed by atoms with Gasteiger partial charge < -0.3 is 4.74 Å². The molecule has 0 aromatic heterocycles. The molecular weight excluding hydrogens is 486 g/mol. The van der Waals surface area contributed by atoms with Crippen molar-refractivity contribution >= 4 is 39.5 Å². The van der Waals surface area contributed by atoms with Gasteiger partial charge in [-0.15, -0.1) is 0 Å². The van der Waals surface area contributed by atoms with E-state index >= 15 is 0 Å². The third-order valence-electron chi connectivity index (χ3n) is 4.91. The van der Waals surface area contributed by atoms with Crippen LogP contribution in [0.1, 0.15) is 11.1 Å². The van der Waals surface area contributed by atoms with Gasteiger partial charge in [-0.05, 0) is 42.8 Å². The molecule has 36 heavy (non-hydrogen) atoms. The molecule has 0 saturated carbocycles. The molecule has 0 atom stereocenters. The van der Waals surface area contributed by atoms with E-state index < -0.39 is 26.9 Å². The minimum atomic E-state index is -3.91. The lowest BCUT2D eigenvalue weighted by atomic mass is 10.2. The molecule has 186 valence electrons. The molecule has 1 heterocycles. The second kappa shape index (κ2) is 11.8. The maximum atomic E-state index is 12.4. The zero-order valence-electron chi connectivity index (χ0n) is 19.2. The number of imide groups is 1. The van der Waals surface area contributed by atoms with Crippen LogP contribution in [0.3, 0.4) is 0 Å². The van der Waals surface area contributed by atoms with Gasteiger partial charge in [0.2, 0.25) is 0 Å². The summed E-state index contributed by atoms with van der Waals surface area (Å²) in [4.78, 5) is 34.1. The summed E-state index contributed by atoms with van der Waals surface area (Å²) in [5.41, 5.74) is 2.00. The number of carbonyl (C=O) groups excluding carboxylic acids is 2. The average molecular weight is 510 g/mol. The fourth-order valence-electron chi connectivity index (χ4n) is 3.01. The van der Waals surface area contributed by atoms with Crippen molar-refractivity contribution in [1.82, 2.24) is 4.90 Å². The molecule has 11 heteroatoms. The largest absolute Gasteiger partial charge is 0.447 e. The highest BCUT2D eigenvalue weighted by atomic mass is 32.2. The van der Waals surface area contributed by atoms with E-state index in [1.54, 1.807) is 12.1 Å². The van der Waals surface area contributed by atoms with Crippen LogP contribution in [0.4, 0.5) is 16.2 Å². The average Bonchev–Trinajstić information content (AvgIpc) is 3.30. The lowest BCUT2D eigenvalue weighted by molar-refractivity contribution is -0.384. The van der Waals surface area contributed by atoms with Crippen LogP contribution in [0, 0.1) is 17.0 Å². The van der Waals surface area contributed by atoms with E-state index in [0.717, 1.165) is 29.2 Å². The van der Waals surface area contributed by atoms with Crippen molar-refractivity contribution in [2.45, 2.75) is 11.8 Å². The first kappa shape index (κ1) is 26.1. The van der Waals surface area contributed by atoms with Gasteiger partial charge in [0, 0.05) is 23.9 Å². The van der Waals surface area contributed by atoms with Crippen LogP contribution < -0.4 is 4.72 Å². The van der Waals surface area contributed by atoms with E-state index in [-0.39, 0.29) is 29.4 Å². The number of hydrogen-bond donors (Lipinski definition) is 1. The SMILES string of the molecule is Cc1ccccc1.O=C(/C=C/c1ccc(NS(=O)(=O)c2ccc([N+](=O)[O-])cc2)cc1)N1CCOC1=O. The summed E-state index contributed by atoms with van der Waals surface area (Å²) >= 11 is 0. The number of anilines is 1. The lowest BCUT2D eigenvalue weighted by Crippen LogP contribution is -2.29. The Morgan fingerprint density at radius 2 is 1.67 bits per heavy atom. The first-order valence-corrected chi connectivity index (χ1v) is 12.2. The number of nitro groups is 1. The molecule has 10 nitrogen and oxygen atoms in total. The molecule has 1 aliphatic heterocycles. The zero-order chi connectivity index (χ0) is 26.1. The third kappa shape index (κ3) is 7.24. The maximum Gasteiger partial charge on any atom is 0.416 e. The molecule has 0 spiro atoms. The van der Waals surface area contributed by atoms with Crippen molar-refractivity contribution in [2.75, 3.05) is 17.9 Å². The summed E-state index contributed by atoms with van der Waals surface area (Å²) < 4.78 is 31.8. The number of cyclic esters (lactones) is 1. The Bertz CT molecular complexity index is 1360. The summed E-state index contributed by atoms with van der Waals surface area (Å²) in [5.74, 6) is -0.504. The van der Waals surface area contributed by atoms with Gasteiger partial charge in [-0.3, -0.25) is 19.6 Å². The molecular formula is C25H23N3O7S. The minimum absolute atomic E-state index is 0.116. The molecule has 0 unspecified atom stereocenters. The fraction of sp³-hybridized carbons (Fsp3) is 0.120. The highest BCUT2D eigenvalue weighted by molar-refractivity contribution is 7.92. The number of carbonyl (C=O) groups is 2. The molecule has 1 aliphatic rings. The quantitative estimate of drug-likeness (QED) is 0.296. The van der Waals surface area contributed by atoms with Crippen LogP contribution in [-0.2, 0) is 19.6 Å². The Hall–Kier alpha value is -4.51. The Morgan fingerprint density at radius 1 is 1.03 bits per heavy atom. The van der Waals surface area contributed by atoms with Gasteiger partial charge >= 0.3 is 6.09 Å². The molecule has 3 aromatic rings. The van der Waals surface area contributed by atoms with Gasteiger partial charge in [0.1, 0.15) is 6.61 Å². The summed E-state index contributed by atoms with van der Waals surface area (Å²) in [6.07, 6.45) is 2.03. The van der Waals surface area contributed by atoms with E-state index in [9.17, 15) is 28.1 Å². The molecule has 1 fully saturated rings. The van der Waals surface area contributed by atoms with Crippen molar-refractivity contribution < 1.29 is 27.7 Å². The molecule has 4 rings (SSSR count). The van der Waals surface area contributed by atoms with E-state index in [1.807, 2.05) is 18.2 Å². The number of nitrogens with one attached hydrogen (secondary N) is 1. The number of benzene rings is 3. The second-order valence-electron chi connectivity index (χ2n) is 7.57. The van der Waals surface area contributed by atoms with Crippen molar-refractivity contribution in [3.8, 4) is 0 Å². The van der Waals surface area contributed by atoms with Crippen LogP contribution in [0.2, 0.25) is 0 Å². The third-order valence-corrected chi connectivity index (χ3v) is 6.30. The van der Waals surface area contributed by atoms with Gasteiger partial charge in [0.05, 0.1) is 16.4 Å². The molecule has 1 N–H and O–H groups in total. The summed E-state index contributed by atoms with van der Waals surface area (Å²) in [6, 6.07) is 20.9. The summed E-state index contributed by atoms with van der Waals surface area (Å²) in [7, 11) is -3.91. The summed E-state index contributed by atoms with van der Waals surface area (Å²) in [5, 5.41) is 10.7. The van der Waals surface area contributed by atoms with Crippen LogP contribution >= 0.6 is 0 Å². The van der Waals surface area contributed by atoms with Crippen LogP contribution in [0.25, 0.3) is 6.08 Å². The number of ether oxygens (including phenoxy) is 1. The first-order valence-electron chi connectivity index (χ1n) is 10.7. The monoisotopic (exact) mass is 509 g/mol. The Kier molecular flexibility index (Phi) is 8.52. The number of sulfonamides is 1. The molecule has 0 radical (unpaired) electrons. The summed E-state index contributed by atoms with van der Waals surface area (Å²) in [6.45, 7) is 2.45. The van der Waals surface area contributed by atoms with Gasteiger partial charge in [-0.25, -0.2) is 18.1 Å². The fourth-order valence-corrected chi connectivity index (χ4v) is 4.07. The normalized spacial score (nSPS) is 13.0. The van der Waals surface area contributed by atoms with E-state index in [0.29, 0.717) is 5.56 Å². The van der Waals surface area contributed by atoms with Crippen molar-refractivity contribution in [2.24, 2.45) is 0 Å². The number of nitro benzene ring substituents is 1. The number of rotatable bonds is 6. The van der Waals surface area contributed by atoms with Crippen LogP contribution in [0.5, 0.6) is 0 Å². The topological polar surface area (TPSA) is 136 Å². The Balaban J connectivity index is 0.000000444. The van der Waals surface area contributed by atoms with Gasteiger partial charge in [0.25, 0.3) is 21.6 Å². The molecule has 1 saturated heterocycles. The predicted molar refractivity (Wildman–Crippen MR) is 134 cm³/mol.